The first kappa shape index (κ1) is 42.7. The number of ether oxygens (including phenoxy) is 2. The second-order valence-corrected chi connectivity index (χ2v) is 13.0. The van der Waals surface area contributed by atoms with Crippen molar-refractivity contribution in [2.75, 3.05) is 26.4 Å². The second kappa shape index (κ2) is 30.4. The Morgan fingerprint density at radius 1 is 0.659 bits per heavy atom. The molecular formula is C33H63O10P. The van der Waals surface area contributed by atoms with Crippen LogP contribution in [0.15, 0.2) is 12.2 Å². The fraction of sp³-hybridized carbons (Fsp3) is 0.879. The number of hydrogen-bond acceptors (Lipinski definition) is 9. The predicted molar refractivity (Wildman–Crippen MR) is 173 cm³/mol. The molecule has 0 aliphatic rings. The van der Waals surface area contributed by atoms with Crippen molar-refractivity contribution in [3.63, 3.8) is 0 Å². The van der Waals surface area contributed by atoms with E-state index >= 15 is 0 Å². The van der Waals surface area contributed by atoms with Gasteiger partial charge in [-0.1, -0.05) is 109 Å². The van der Waals surface area contributed by atoms with Crippen molar-refractivity contribution in [3.8, 4) is 0 Å². The molecule has 0 fully saturated rings. The Labute approximate surface area is 266 Å². The maximum absolute atomic E-state index is 12.5. The lowest BCUT2D eigenvalue weighted by Gasteiger charge is -2.20. The summed E-state index contributed by atoms with van der Waals surface area (Å²) in [6.07, 6.45) is 23.6. The van der Waals surface area contributed by atoms with Gasteiger partial charge in [-0.15, -0.1) is 0 Å². The molecule has 11 heteroatoms. The van der Waals surface area contributed by atoms with Crippen molar-refractivity contribution in [2.24, 2.45) is 0 Å². The van der Waals surface area contributed by atoms with Crippen molar-refractivity contribution in [2.45, 2.75) is 161 Å². The van der Waals surface area contributed by atoms with Crippen molar-refractivity contribution in [3.05, 3.63) is 12.2 Å². The second-order valence-electron chi connectivity index (χ2n) is 11.5. The van der Waals surface area contributed by atoms with Crippen LogP contribution in [-0.4, -0.2) is 65.7 Å². The minimum Gasteiger partial charge on any atom is -0.462 e. The van der Waals surface area contributed by atoms with Gasteiger partial charge in [0, 0.05) is 12.8 Å². The lowest BCUT2D eigenvalue weighted by molar-refractivity contribution is -0.161. The molecule has 0 rings (SSSR count). The van der Waals surface area contributed by atoms with Gasteiger partial charge in [-0.2, -0.15) is 0 Å². The van der Waals surface area contributed by atoms with Crippen LogP contribution in [0.5, 0.6) is 0 Å². The quantitative estimate of drug-likeness (QED) is 0.0286. The zero-order chi connectivity index (χ0) is 32.7. The molecule has 0 aromatic carbocycles. The van der Waals surface area contributed by atoms with E-state index in [0.717, 1.165) is 64.2 Å². The molecule has 0 heterocycles. The van der Waals surface area contributed by atoms with E-state index in [9.17, 15) is 24.2 Å². The van der Waals surface area contributed by atoms with Crippen LogP contribution in [0.25, 0.3) is 0 Å². The van der Waals surface area contributed by atoms with Crippen LogP contribution in [0.4, 0.5) is 0 Å². The molecule has 3 atom stereocenters. The van der Waals surface area contributed by atoms with E-state index in [2.05, 4.69) is 30.5 Å². The molecule has 10 nitrogen and oxygen atoms in total. The van der Waals surface area contributed by atoms with E-state index in [-0.39, 0.29) is 19.4 Å². The molecule has 0 spiro atoms. The summed E-state index contributed by atoms with van der Waals surface area (Å²) >= 11 is 0. The molecule has 0 aliphatic heterocycles. The zero-order valence-corrected chi connectivity index (χ0v) is 28.5. The highest BCUT2D eigenvalue weighted by molar-refractivity contribution is 7.47. The molecule has 0 amide bonds. The Morgan fingerprint density at radius 3 is 1.64 bits per heavy atom. The van der Waals surface area contributed by atoms with Gasteiger partial charge in [-0.25, -0.2) is 4.57 Å². The molecule has 0 saturated carbocycles. The van der Waals surface area contributed by atoms with Crippen LogP contribution in [0.1, 0.15) is 149 Å². The van der Waals surface area contributed by atoms with Crippen LogP contribution in [-0.2, 0) is 32.7 Å². The molecule has 3 N–H and O–H groups in total. The Kier molecular flexibility index (Phi) is 29.5. The van der Waals surface area contributed by atoms with Crippen molar-refractivity contribution >= 4 is 19.8 Å². The van der Waals surface area contributed by atoms with E-state index in [0.29, 0.717) is 12.8 Å². The first-order valence-corrected chi connectivity index (χ1v) is 18.6. The van der Waals surface area contributed by atoms with Gasteiger partial charge in [0.2, 0.25) is 0 Å². The molecule has 0 aliphatic carbocycles. The van der Waals surface area contributed by atoms with Crippen molar-refractivity contribution < 1.29 is 47.8 Å². The number of aliphatic hydroxyl groups excluding tert-OH is 2. The highest BCUT2D eigenvalue weighted by atomic mass is 31.2. The summed E-state index contributed by atoms with van der Waals surface area (Å²) in [4.78, 5) is 34.5. The Bertz CT molecular complexity index is 761. The highest BCUT2D eigenvalue weighted by Crippen LogP contribution is 2.43. The number of hydrogen-bond donors (Lipinski definition) is 3. The van der Waals surface area contributed by atoms with E-state index in [1.165, 1.54) is 44.9 Å². The van der Waals surface area contributed by atoms with Gasteiger partial charge in [0.05, 0.1) is 19.8 Å². The molecule has 0 aromatic heterocycles. The summed E-state index contributed by atoms with van der Waals surface area (Å²) in [5, 5.41) is 18.2. The number of allylic oxidation sites excluding steroid dienone is 2. The van der Waals surface area contributed by atoms with Crippen molar-refractivity contribution in [1.82, 2.24) is 0 Å². The third-order valence-electron chi connectivity index (χ3n) is 7.17. The van der Waals surface area contributed by atoms with Gasteiger partial charge in [0.25, 0.3) is 0 Å². The molecule has 0 saturated heterocycles. The normalized spacial score (nSPS) is 14.4. The molecule has 0 aromatic rings. The van der Waals surface area contributed by atoms with Gasteiger partial charge >= 0.3 is 19.8 Å². The number of phosphoric ester groups is 1. The first-order chi connectivity index (χ1) is 21.2. The summed E-state index contributed by atoms with van der Waals surface area (Å²) in [6, 6.07) is 0. The van der Waals surface area contributed by atoms with E-state index in [1.807, 2.05) is 0 Å². The number of carbonyl (C=O) groups is 2. The molecule has 260 valence electrons. The van der Waals surface area contributed by atoms with Crippen LogP contribution in [0, 0.1) is 0 Å². The smallest absolute Gasteiger partial charge is 0.462 e. The fourth-order valence-corrected chi connectivity index (χ4v) is 5.25. The van der Waals surface area contributed by atoms with Gasteiger partial charge in [-0.3, -0.25) is 18.6 Å². The summed E-state index contributed by atoms with van der Waals surface area (Å²) in [7, 11) is -4.60. The van der Waals surface area contributed by atoms with Crippen LogP contribution in [0.2, 0.25) is 0 Å². The largest absolute Gasteiger partial charge is 0.472 e. The lowest BCUT2D eigenvalue weighted by atomic mass is 10.1. The maximum atomic E-state index is 12.5. The Hall–Kier alpha value is -1.29. The van der Waals surface area contributed by atoms with Crippen molar-refractivity contribution in [1.29, 1.82) is 0 Å². The molecule has 44 heavy (non-hydrogen) atoms. The third-order valence-corrected chi connectivity index (χ3v) is 8.12. The van der Waals surface area contributed by atoms with Gasteiger partial charge in [-0.05, 0) is 38.5 Å². The van der Waals surface area contributed by atoms with Gasteiger partial charge < -0.3 is 24.6 Å². The SMILES string of the molecule is CCCCCCCC/C=C/CCCCCCCC(=O)O[C@H](COC(=O)CCCCCCCC)COP(=O)(O)OC[C@@H](O)CO. The average molecular weight is 651 g/mol. The van der Waals surface area contributed by atoms with E-state index < -0.39 is 51.8 Å². The minimum atomic E-state index is -4.60. The van der Waals surface area contributed by atoms with Gasteiger partial charge in [0.1, 0.15) is 12.7 Å². The van der Waals surface area contributed by atoms with Crippen LogP contribution in [0.3, 0.4) is 0 Å². The zero-order valence-electron chi connectivity index (χ0n) is 27.6. The molecular weight excluding hydrogens is 587 g/mol. The summed E-state index contributed by atoms with van der Waals surface area (Å²) in [5.74, 6) is -0.944. The van der Waals surface area contributed by atoms with E-state index in [4.69, 9.17) is 19.1 Å². The highest BCUT2D eigenvalue weighted by Gasteiger charge is 2.27. The standard InChI is InChI=1S/C33H63O10P/c1-3-5-7-9-11-12-13-14-15-16-17-18-19-21-23-25-33(37)43-31(29-42-44(38,39)41-27-30(35)26-34)28-40-32(36)24-22-20-10-8-6-4-2/h14-15,30-31,34-35H,3-13,16-29H2,1-2H3,(H,38,39)/b15-14+/t30-,31+/m0/s1. The summed E-state index contributed by atoms with van der Waals surface area (Å²) in [5.41, 5.74) is 0. The average Bonchev–Trinajstić information content (AvgIpc) is 3.01. The number of phosphoric acid groups is 1. The lowest BCUT2D eigenvalue weighted by Crippen LogP contribution is -2.29. The van der Waals surface area contributed by atoms with Crippen LogP contribution < -0.4 is 0 Å². The number of unbranched alkanes of at least 4 members (excludes halogenated alkanes) is 16. The van der Waals surface area contributed by atoms with E-state index in [1.54, 1.807) is 0 Å². The predicted octanol–water partition coefficient (Wildman–Crippen LogP) is 7.72. The number of esters is 2. The van der Waals surface area contributed by atoms with Gasteiger partial charge in [0.15, 0.2) is 6.10 Å². The number of rotatable bonds is 32. The summed E-state index contributed by atoms with van der Waals surface area (Å²) < 4.78 is 32.3. The first-order valence-electron chi connectivity index (χ1n) is 17.1. The Balaban J connectivity index is 4.36. The monoisotopic (exact) mass is 650 g/mol. The molecule has 0 radical (unpaired) electrons. The topological polar surface area (TPSA) is 149 Å². The molecule has 1 unspecified atom stereocenters. The Morgan fingerprint density at radius 2 is 1.11 bits per heavy atom. The number of aliphatic hydroxyl groups is 2. The summed E-state index contributed by atoms with van der Waals surface area (Å²) in [6.45, 7) is 2.27. The third kappa shape index (κ3) is 29.4. The molecule has 0 bridgehead atoms. The number of carbonyl (C=O) groups excluding carboxylic acids is 2. The minimum absolute atomic E-state index is 0.177. The fourth-order valence-electron chi connectivity index (χ4n) is 4.46. The maximum Gasteiger partial charge on any atom is 0.472 e. The van der Waals surface area contributed by atoms with Crippen LogP contribution >= 0.6 is 7.82 Å².